The smallest absolute Gasteiger partial charge is 0.258 e. The van der Waals surface area contributed by atoms with Crippen LogP contribution in [0.15, 0.2) is 30.3 Å². The van der Waals surface area contributed by atoms with E-state index >= 15 is 0 Å². The molecule has 0 saturated carbocycles. The zero-order valence-corrected chi connectivity index (χ0v) is 13.6. The fraction of sp³-hybridized carbons (Fsp3) is 0.368. The molecule has 2 aromatic rings. The maximum absolute atomic E-state index is 12.2. The molecule has 2 heterocycles. The molecule has 1 saturated heterocycles. The Balaban J connectivity index is 1.57. The lowest BCUT2D eigenvalue weighted by Gasteiger charge is -2.26. The zero-order chi connectivity index (χ0) is 16.5. The summed E-state index contributed by atoms with van der Waals surface area (Å²) in [4.78, 5) is 26.6. The summed E-state index contributed by atoms with van der Waals surface area (Å²) in [6.07, 6.45) is 3.92. The summed E-state index contributed by atoms with van der Waals surface area (Å²) < 4.78 is 0. The van der Waals surface area contributed by atoms with Crippen LogP contribution in [0.5, 0.6) is 0 Å². The maximum Gasteiger partial charge on any atom is 0.258 e. The quantitative estimate of drug-likeness (QED) is 0.849. The highest BCUT2D eigenvalue weighted by atomic mass is 16.2. The highest BCUT2D eigenvalue weighted by molar-refractivity contribution is 6.26. The molecule has 124 valence electrons. The van der Waals surface area contributed by atoms with Gasteiger partial charge in [0.15, 0.2) is 0 Å². The average molecular weight is 323 g/mol. The zero-order valence-electron chi connectivity index (χ0n) is 13.6. The Hall–Kier alpha value is -2.40. The van der Waals surface area contributed by atoms with Gasteiger partial charge in [0.05, 0.1) is 5.56 Å². The molecule has 0 spiro atoms. The first-order valence-corrected chi connectivity index (χ1v) is 8.61. The molecule has 5 heteroatoms. The Morgan fingerprint density at radius 3 is 2.62 bits per heavy atom. The molecule has 1 fully saturated rings. The number of nitrogens with zero attached hydrogens (tertiary/aromatic N) is 1. The monoisotopic (exact) mass is 323 g/mol. The minimum absolute atomic E-state index is 0.316. The second-order valence-electron chi connectivity index (χ2n) is 6.54. The van der Waals surface area contributed by atoms with Gasteiger partial charge in [0.1, 0.15) is 0 Å². The van der Waals surface area contributed by atoms with E-state index in [2.05, 4.69) is 15.5 Å². The van der Waals surface area contributed by atoms with E-state index in [1.807, 2.05) is 24.3 Å². The molecule has 2 aromatic carbocycles. The molecular formula is C19H21N3O2. The predicted molar refractivity (Wildman–Crippen MR) is 94.5 cm³/mol. The number of rotatable bonds is 4. The third kappa shape index (κ3) is 2.76. The van der Waals surface area contributed by atoms with Crippen molar-refractivity contribution in [2.45, 2.75) is 19.3 Å². The molecule has 0 aromatic heterocycles. The molecule has 2 N–H and O–H groups in total. The minimum atomic E-state index is -0.316. The Morgan fingerprint density at radius 1 is 1.00 bits per heavy atom. The van der Waals surface area contributed by atoms with Crippen LogP contribution in [-0.4, -0.2) is 42.9 Å². The second kappa shape index (κ2) is 6.24. The largest absolute Gasteiger partial charge is 0.384 e. The number of hydrogen-bond donors (Lipinski definition) is 2. The van der Waals surface area contributed by atoms with E-state index in [-0.39, 0.29) is 11.8 Å². The fourth-order valence-electron chi connectivity index (χ4n) is 3.68. The van der Waals surface area contributed by atoms with E-state index in [9.17, 15) is 9.59 Å². The van der Waals surface area contributed by atoms with Crippen molar-refractivity contribution in [2.75, 3.05) is 31.5 Å². The number of benzene rings is 2. The van der Waals surface area contributed by atoms with Crippen molar-refractivity contribution in [3.8, 4) is 0 Å². The first-order valence-electron chi connectivity index (χ1n) is 8.61. The maximum atomic E-state index is 12.2. The van der Waals surface area contributed by atoms with Gasteiger partial charge in [-0.1, -0.05) is 18.6 Å². The van der Waals surface area contributed by atoms with Crippen molar-refractivity contribution in [3.63, 3.8) is 0 Å². The van der Waals surface area contributed by atoms with Gasteiger partial charge in [0, 0.05) is 29.7 Å². The van der Waals surface area contributed by atoms with Crippen molar-refractivity contribution in [3.05, 3.63) is 41.5 Å². The highest BCUT2D eigenvalue weighted by Gasteiger charge is 2.25. The molecular weight excluding hydrogens is 302 g/mol. The molecule has 0 bridgehead atoms. The number of amides is 2. The molecule has 0 unspecified atom stereocenters. The SMILES string of the molecule is O=C1NC(=O)c2cc(NCCN3CCCCC3)cc3cccc1c23. The highest BCUT2D eigenvalue weighted by Crippen LogP contribution is 2.29. The number of hydrogen-bond acceptors (Lipinski definition) is 4. The predicted octanol–water partition coefficient (Wildman–Crippen LogP) is 2.62. The molecule has 4 rings (SSSR count). The van der Waals surface area contributed by atoms with Gasteiger partial charge in [-0.05, 0) is 49.5 Å². The van der Waals surface area contributed by atoms with Crippen LogP contribution in [0.1, 0.15) is 40.0 Å². The molecule has 5 nitrogen and oxygen atoms in total. The number of piperidine rings is 1. The van der Waals surface area contributed by atoms with Gasteiger partial charge in [0.2, 0.25) is 0 Å². The molecule has 0 aliphatic carbocycles. The minimum Gasteiger partial charge on any atom is -0.384 e. The average Bonchev–Trinajstić information content (AvgIpc) is 2.60. The van der Waals surface area contributed by atoms with E-state index in [4.69, 9.17) is 0 Å². The standard InChI is InChI=1S/C19H21N3O2/c23-18-15-6-4-5-13-11-14(12-16(17(13)15)19(24)21-18)20-7-10-22-8-2-1-3-9-22/h4-6,11-12,20H,1-3,7-10H2,(H,21,23,24). The molecule has 2 aliphatic rings. The van der Waals surface area contributed by atoms with E-state index in [1.54, 1.807) is 6.07 Å². The summed E-state index contributed by atoms with van der Waals surface area (Å²) in [6.45, 7) is 4.22. The van der Waals surface area contributed by atoms with Gasteiger partial charge in [-0.15, -0.1) is 0 Å². The molecule has 24 heavy (non-hydrogen) atoms. The van der Waals surface area contributed by atoms with Crippen LogP contribution in [0.3, 0.4) is 0 Å². The van der Waals surface area contributed by atoms with Gasteiger partial charge in [0.25, 0.3) is 11.8 Å². The van der Waals surface area contributed by atoms with Crippen molar-refractivity contribution < 1.29 is 9.59 Å². The first kappa shape index (κ1) is 15.1. The van der Waals surface area contributed by atoms with E-state index < -0.39 is 0 Å². The molecule has 0 atom stereocenters. The number of anilines is 1. The van der Waals surface area contributed by atoms with Crippen LogP contribution in [-0.2, 0) is 0 Å². The summed E-state index contributed by atoms with van der Waals surface area (Å²) in [5.41, 5.74) is 2.07. The molecule has 2 aliphatic heterocycles. The van der Waals surface area contributed by atoms with E-state index in [0.29, 0.717) is 11.1 Å². The van der Waals surface area contributed by atoms with Crippen LogP contribution in [0.25, 0.3) is 10.8 Å². The van der Waals surface area contributed by atoms with Crippen LogP contribution in [0.4, 0.5) is 5.69 Å². The van der Waals surface area contributed by atoms with Crippen LogP contribution >= 0.6 is 0 Å². The third-order valence-corrected chi connectivity index (χ3v) is 4.90. The number of carbonyl (C=O) groups excluding carboxylic acids is 2. The van der Waals surface area contributed by atoms with E-state index in [1.165, 1.54) is 32.4 Å². The van der Waals surface area contributed by atoms with Gasteiger partial charge < -0.3 is 10.2 Å². The third-order valence-electron chi connectivity index (χ3n) is 4.90. The lowest BCUT2D eigenvalue weighted by Crippen LogP contribution is -2.35. The van der Waals surface area contributed by atoms with Gasteiger partial charge in [-0.3, -0.25) is 14.9 Å². The lowest BCUT2D eigenvalue weighted by atomic mass is 9.94. The first-order chi connectivity index (χ1) is 11.7. The van der Waals surface area contributed by atoms with Crippen molar-refractivity contribution in [1.82, 2.24) is 10.2 Å². The lowest BCUT2D eigenvalue weighted by molar-refractivity contribution is 0.0845. The Bertz CT molecular complexity index is 810. The van der Waals surface area contributed by atoms with Crippen molar-refractivity contribution >= 4 is 28.3 Å². The summed E-state index contributed by atoms with van der Waals surface area (Å²) in [7, 11) is 0. The van der Waals surface area contributed by atoms with Gasteiger partial charge in [-0.25, -0.2) is 0 Å². The van der Waals surface area contributed by atoms with Crippen LogP contribution < -0.4 is 10.6 Å². The molecule has 0 radical (unpaired) electrons. The number of imide groups is 1. The van der Waals surface area contributed by atoms with E-state index in [0.717, 1.165) is 29.5 Å². The molecule has 2 amide bonds. The Morgan fingerprint density at radius 2 is 1.79 bits per heavy atom. The normalized spacial score (nSPS) is 17.8. The summed E-state index contributed by atoms with van der Waals surface area (Å²) >= 11 is 0. The Kier molecular flexibility index (Phi) is 3.94. The van der Waals surface area contributed by atoms with Crippen LogP contribution in [0, 0.1) is 0 Å². The van der Waals surface area contributed by atoms with Crippen LogP contribution in [0.2, 0.25) is 0 Å². The van der Waals surface area contributed by atoms with Gasteiger partial charge >= 0.3 is 0 Å². The number of carbonyl (C=O) groups is 2. The number of nitrogens with one attached hydrogen (secondary N) is 2. The summed E-state index contributed by atoms with van der Waals surface area (Å²) in [5, 5.41) is 7.53. The summed E-state index contributed by atoms with van der Waals surface area (Å²) in [5.74, 6) is -0.632. The fourth-order valence-corrected chi connectivity index (χ4v) is 3.68. The summed E-state index contributed by atoms with van der Waals surface area (Å²) in [6, 6.07) is 9.43. The topological polar surface area (TPSA) is 61.4 Å². The van der Waals surface area contributed by atoms with Gasteiger partial charge in [-0.2, -0.15) is 0 Å². The Labute approximate surface area is 141 Å². The van der Waals surface area contributed by atoms with Crippen molar-refractivity contribution in [2.24, 2.45) is 0 Å². The second-order valence-corrected chi connectivity index (χ2v) is 6.54. The number of likely N-dealkylation sites (tertiary alicyclic amines) is 1. The van der Waals surface area contributed by atoms with Crippen molar-refractivity contribution in [1.29, 1.82) is 0 Å².